The van der Waals surface area contributed by atoms with Crippen LogP contribution in [0.3, 0.4) is 0 Å². The standard InChI is InChI=1S/C20H20N4O2S2/c25-19(26)17-18(28-24-23-17)15-9-11-16(12-10-15)22-20(27)21-13-5-4-8-14-6-2-1-3-7-14/h1-3,6-7,9-12H,4-5,8,13H2,(H,25,26)(H2,21,22,27). The van der Waals surface area contributed by atoms with Gasteiger partial charge in [-0.25, -0.2) is 4.79 Å². The second kappa shape index (κ2) is 9.91. The number of carboxylic acids is 1. The number of aromatic nitrogens is 2. The largest absolute Gasteiger partial charge is 0.476 e. The van der Waals surface area contributed by atoms with Crippen LogP contribution in [0.1, 0.15) is 28.9 Å². The van der Waals surface area contributed by atoms with E-state index in [2.05, 4.69) is 44.5 Å². The lowest BCUT2D eigenvalue weighted by Gasteiger charge is -2.11. The Balaban J connectivity index is 1.43. The van der Waals surface area contributed by atoms with E-state index in [1.165, 1.54) is 5.56 Å². The Bertz CT molecular complexity index is 927. The van der Waals surface area contributed by atoms with Crippen LogP contribution >= 0.6 is 23.8 Å². The number of carbonyl (C=O) groups is 1. The number of aryl methyl sites for hydroxylation is 1. The molecule has 3 rings (SSSR count). The van der Waals surface area contributed by atoms with E-state index in [0.717, 1.165) is 48.6 Å². The monoisotopic (exact) mass is 412 g/mol. The van der Waals surface area contributed by atoms with Gasteiger partial charge in [-0.2, -0.15) is 0 Å². The number of hydrogen-bond donors (Lipinski definition) is 3. The molecule has 0 aliphatic carbocycles. The molecule has 2 aromatic carbocycles. The van der Waals surface area contributed by atoms with Gasteiger partial charge in [0.25, 0.3) is 0 Å². The summed E-state index contributed by atoms with van der Waals surface area (Å²) in [5, 5.41) is 19.7. The Hall–Kier alpha value is -2.84. The number of unbranched alkanes of at least 4 members (excludes halogenated alkanes) is 1. The molecular formula is C20H20N4O2S2. The molecule has 1 aromatic heterocycles. The Morgan fingerprint density at radius 1 is 1.07 bits per heavy atom. The molecule has 0 aliphatic rings. The van der Waals surface area contributed by atoms with Gasteiger partial charge in [0.15, 0.2) is 10.8 Å². The van der Waals surface area contributed by atoms with Crippen LogP contribution in [0.15, 0.2) is 54.6 Å². The fourth-order valence-electron chi connectivity index (χ4n) is 2.70. The minimum Gasteiger partial charge on any atom is -0.476 e. The molecule has 0 fully saturated rings. The minimum atomic E-state index is -1.08. The van der Waals surface area contributed by atoms with Crippen molar-refractivity contribution in [1.29, 1.82) is 0 Å². The number of thiocarbonyl (C=S) groups is 1. The van der Waals surface area contributed by atoms with Gasteiger partial charge in [-0.05, 0) is 66.3 Å². The average molecular weight is 413 g/mol. The Labute approximate surface area is 172 Å². The highest BCUT2D eigenvalue weighted by atomic mass is 32.1. The minimum absolute atomic E-state index is 0.0293. The first-order chi connectivity index (χ1) is 13.6. The van der Waals surface area contributed by atoms with Crippen molar-refractivity contribution in [3.63, 3.8) is 0 Å². The fourth-order valence-corrected chi connectivity index (χ4v) is 3.58. The second-order valence-electron chi connectivity index (χ2n) is 6.16. The molecule has 0 aliphatic heterocycles. The SMILES string of the molecule is O=C(O)c1nnsc1-c1ccc(NC(=S)NCCCCc2ccccc2)cc1. The van der Waals surface area contributed by atoms with Gasteiger partial charge >= 0.3 is 5.97 Å². The summed E-state index contributed by atoms with van der Waals surface area (Å²) in [6.07, 6.45) is 3.20. The van der Waals surface area contributed by atoms with Crippen molar-refractivity contribution in [2.45, 2.75) is 19.3 Å². The molecule has 1 heterocycles. The lowest BCUT2D eigenvalue weighted by Crippen LogP contribution is -2.29. The first kappa shape index (κ1) is 19.9. The Kier molecular flexibility index (Phi) is 7.05. The summed E-state index contributed by atoms with van der Waals surface area (Å²) in [6, 6.07) is 17.8. The Morgan fingerprint density at radius 2 is 1.82 bits per heavy atom. The van der Waals surface area contributed by atoms with Crippen LogP contribution in [0.5, 0.6) is 0 Å². The molecule has 3 N–H and O–H groups in total. The highest BCUT2D eigenvalue weighted by Gasteiger charge is 2.16. The van der Waals surface area contributed by atoms with Gasteiger partial charge < -0.3 is 15.7 Å². The fraction of sp³-hybridized carbons (Fsp3) is 0.200. The molecule has 0 bridgehead atoms. The van der Waals surface area contributed by atoms with E-state index in [0.29, 0.717) is 9.99 Å². The van der Waals surface area contributed by atoms with Gasteiger partial charge in [0.1, 0.15) is 0 Å². The van der Waals surface area contributed by atoms with Crippen LogP contribution in [0.2, 0.25) is 0 Å². The van der Waals surface area contributed by atoms with Gasteiger partial charge in [-0.15, -0.1) is 5.10 Å². The molecule has 8 heteroatoms. The maximum Gasteiger partial charge on any atom is 0.358 e. The zero-order valence-corrected chi connectivity index (χ0v) is 16.7. The van der Waals surface area contributed by atoms with E-state index in [1.54, 1.807) is 0 Å². The summed E-state index contributed by atoms with van der Waals surface area (Å²) in [5.74, 6) is -1.08. The molecule has 28 heavy (non-hydrogen) atoms. The molecule has 3 aromatic rings. The van der Waals surface area contributed by atoms with Crippen molar-refractivity contribution in [2.75, 3.05) is 11.9 Å². The number of aromatic carboxylic acids is 1. The van der Waals surface area contributed by atoms with Crippen molar-refractivity contribution in [2.24, 2.45) is 0 Å². The molecule has 144 valence electrons. The van der Waals surface area contributed by atoms with Crippen LogP contribution in [0.25, 0.3) is 10.4 Å². The molecule has 6 nitrogen and oxygen atoms in total. The zero-order valence-electron chi connectivity index (χ0n) is 15.1. The van der Waals surface area contributed by atoms with Crippen LogP contribution in [-0.4, -0.2) is 32.3 Å². The van der Waals surface area contributed by atoms with Gasteiger partial charge in [0.2, 0.25) is 0 Å². The summed E-state index contributed by atoms with van der Waals surface area (Å²) in [6.45, 7) is 0.811. The van der Waals surface area contributed by atoms with Crippen LogP contribution in [0, 0.1) is 0 Å². The van der Waals surface area contributed by atoms with E-state index in [-0.39, 0.29) is 5.69 Å². The number of rotatable bonds is 8. The zero-order chi connectivity index (χ0) is 19.8. The first-order valence-corrected chi connectivity index (χ1v) is 10.1. The quantitative estimate of drug-likeness (QED) is 0.377. The predicted octanol–water partition coefficient (Wildman–Crippen LogP) is 4.21. The first-order valence-electron chi connectivity index (χ1n) is 8.88. The van der Waals surface area contributed by atoms with E-state index >= 15 is 0 Å². The number of benzene rings is 2. The molecular weight excluding hydrogens is 392 g/mol. The van der Waals surface area contributed by atoms with E-state index < -0.39 is 5.97 Å². The molecule has 0 saturated carbocycles. The number of anilines is 1. The number of hydrogen-bond acceptors (Lipinski definition) is 5. The molecule has 0 unspecified atom stereocenters. The van der Waals surface area contributed by atoms with E-state index in [1.807, 2.05) is 30.3 Å². The van der Waals surface area contributed by atoms with Crippen molar-refractivity contribution in [1.82, 2.24) is 14.9 Å². The summed E-state index contributed by atoms with van der Waals surface area (Å²) in [7, 11) is 0. The third kappa shape index (κ3) is 5.58. The van der Waals surface area contributed by atoms with Gasteiger partial charge in [-0.1, -0.05) is 47.0 Å². The molecule has 0 spiro atoms. The van der Waals surface area contributed by atoms with Gasteiger partial charge in [0.05, 0.1) is 4.88 Å². The molecule has 0 atom stereocenters. The van der Waals surface area contributed by atoms with E-state index in [9.17, 15) is 4.79 Å². The number of nitrogens with one attached hydrogen (secondary N) is 2. The maximum absolute atomic E-state index is 11.2. The summed E-state index contributed by atoms with van der Waals surface area (Å²) >= 11 is 6.39. The molecule has 0 amide bonds. The number of carboxylic acid groups (broad SMARTS) is 1. The van der Waals surface area contributed by atoms with Crippen molar-refractivity contribution in [3.8, 4) is 10.4 Å². The van der Waals surface area contributed by atoms with Gasteiger partial charge in [-0.3, -0.25) is 0 Å². The molecule has 0 saturated heterocycles. The number of nitrogens with zero attached hydrogens (tertiary/aromatic N) is 2. The smallest absolute Gasteiger partial charge is 0.358 e. The second-order valence-corrected chi connectivity index (χ2v) is 7.32. The topological polar surface area (TPSA) is 87.1 Å². The van der Waals surface area contributed by atoms with Gasteiger partial charge in [0, 0.05) is 12.2 Å². The van der Waals surface area contributed by atoms with Crippen molar-refractivity contribution in [3.05, 3.63) is 65.9 Å². The predicted molar refractivity (Wildman–Crippen MR) is 116 cm³/mol. The molecule has 0 radical (unpaired) electrons. The highest BCUT2D eigenvalue weighted by Crippen LogP contribution is 2.27. The lowest BCUT2D eigenvalue weighted by atomic mass is 10.1. The van der Waals surface area contributed by atoms with E-state index in [4.69, 9.17) is 17.3 Å². The third-order valence-electron chi connectivity index (χ3n) is 4.12. The van der Waals surface area contributed by atoms with Crippen LogP contribution in [-0.2, 0) is 6.42 Å². The summed E-state index contributed by atoms with van der Waals surface area (Å²) in [5.41, 5.74) is 2.92. The highest BCUT2D eigenvalue weighted by molar-refractivity contribution is 7.80. The van der Waals surface area contributed by atoms with Crippen molar-refractivity contribution < 1.29 is 9.90 Å². The average Bonchev–Trinajstić information content (AvgIpc) is 3.19. The summed E-state index contributed by atoms with van der Waals surface area (Å²) < 4.78 is 3.72. The van der Waals surface area contributed by atoms with Crippen molar-refractivity contribution >= 4 is 40.5 Å². The normalized spacial score (nSPS) is 10.4. The summed E-state index contributed by atoms with van der Waals surface area (Å²) in [4.78, 5) is 11.7. The van der Waals surface area contributed by atoms with Crippen LogP contribution < -0.4 is 10.6 Å². The lowest BCUT2D eigenvalue weighted by molar-refractivity contribution is 0.0691. The maximum atomic E-state index is 11.2. The van der Waals surface area contributed by atoms with Crippen LogP contribution in [0.4, 0.5) is 5.69 Å². The Morgan fingerprint density at radius 3 is 2.54 bits per heavy atom. The third-order valence-corrected chi connectivity index (χ3v) is 5.14.